The van der Waals surface area contributed by atoms with Crippen LogP contribution >= 0.6 is 0 Å². The summed E-state index contributed by atoms with van der Waals surface area (Å²) in [6.07, 6.45) is 5.05. The Morgan fingerprint density at radius 2 is 2.00 bits per heavy atom. The van der Waals surface area contributed by atoms with Crippen molar-refractivity contribution in [3.8, 4) is 18.1 Å². The van der Waals surface area contributed by atoms with Crippen molar-refractivity contribution in [3.05, 3.63) is 29.8 Å². The summed E-state index contributed by atoms with van der Waals surface area (Å²) in [6, 6.07) is 7.53. The number of rotatable bonds is 4. The molecule has 0 atom stereocenters. The van der Waals surface area contributed by atoms with Gasteiger partial charge in [-0.1, -0.05) is 18.1 Å². The molecule has 0 spiro atoms. The monoisotopic (exact) mass is 178 g/mol. The summed E-state index contributed by atoms with van der Waals surface area (Å²) in [6.45, 7) is 0.806. The second-order valence-corrected chi connectivity index (χ2v) is 2.49. The lowest BCUT2D eigenvalue weighted by atomic mass is 10.2. The third kappa shape index (κ3) is 3.16. The largest absolute Gasteiger partial charge is 0.481 e. The molecule has 0 aromatic heterocycles. The average molecular weight is 178 g/mol. The molecular weight excluding hydrogens is 166 g/mol. The van der Waals surface area contributed by atoms with Crippen molar-refractivity contribution < 1.29 is 15.5 Å². The summed E-state index contributed by atoms with van der Waals surface area (Å²) in [5, 5.41) is 0. The number of terminal acetylenes is 1. The minimum Gasteiger partial charge on any atom is -0.481 e. The van der Waals surface area contributed by atoms with Gasteiger partial charge in [0, 0.05) is 0 Å². The molecule has 3 N–H and O–H groups in total. The maximum atomic E-state index is 5.20. The smallest absolute Gasteiger partial charge is 0.148 e. The number of quaternary nitrogens is 1. The summed E-state index contributed by atoms with van der Waals surface area (Å²) in [5.74, 6) is 6.46. The third-order valence-electron chi connectivity index (χ3n) is 1.51. The van der Waals surface area contributed by atoms with Crippen LogP contribution in [0.5, 0.6) is 5.75 Å². The molecule has 1 aromatic rings. The van der Waals surface area contributed by atoms with E-state index in [1.54, 1.807) is 0 Å². The van der Waals surface area contributed by atoms with E-state index in [0.29, 0.717) is 13.2 Å². The minimum atomic E-state index is 0.297. The average Bonchev–Trinajstić information content (AvgIpc) is 2.17. The first-order chi connectivity index (χ1) is 6.36. The van der Waals surface area contributed by atoms with Gasteiger partial charge in [0.1, 0.15) is 19.0 Å². The van der Waals surface area contributed by atoms with E-state index < -0.39 is 0 Å². The standard InChI is InChI=1S/C10H12NO2/c1-2-7-12-10-5-3-9(4-6-10)8-13-11/h1,3-6H,7-8H2,11H3/q+1. The lowest BCUT2D eigenvalue weighted by Crippen LogP contribution is -2.48. The van der Waals surface area contributed by atoms with Crippen LogP contribution in [-0.4, -0.2) is 6.61 Å². The van der Waals surface area contributed by atoms with Crippen LogP contribution in [0.2, 0.25) is 0 Å². The van der Waals surface area contributed by atoms with Gasteiger partial charge in [0.15, 0.2) is 0 Å². The molecule has 0 unspecified atom stereocenters. The Bertz CT molecular complexity index is 287. The molecule has 0 saturated heterocycles. The Kier molecular flexibility index (Phi) is 3.83. The van der Waals surface area contributed by atoms with Gasteiger partial charge in [0.25, 0.3) is 0 Å². The third-order valence-corrected chi connectivity index (χ3v) is 1.51. The first-order valence-corrected chi connectivity index (χ1v) is 3.89. The molecule has 0 heterocycles. The summed E-state index contributed by atoms with van der Waals surface area (Å²) in [4.78, 5) is 4.73. The van der Waals surface area contributed by atoms with Gasteiger partial charge in [0.2, 0.25) is 0 Å². The van der Waals surface area contributed by atoms with E-state index in [-0.39, 0.29) is 0 Å². The van der Waals surface area contributed by atoms with Crippen molar-refractivity contribution in [2.75, 3.05) is 6.61 Å². The molecule has 0 saturated carbocycles. The van der Waals surface area contributed by atoms with Crippen LogP contribution in [0.4, 0.5) is 0 Å². The van der Waals surface area contributed by atoms with Gasteiger partial charge in [0.05, 0.1) is 0 Å². The molecule has 0 radical (unpaired) electrons. The second-order valence-electron chi connectivity index (χ2n) is 2.49. The topological polar surface area (TPSA) is 46.1 Å². The zero-order valence-electron chi connectivity index (χ0n) is 7.32. The molecule has 0 aliphatic heterocycles. The minimum absolute atomic E-state index is 0.297. The predicted molar refractivity (Wildman–Crippen MR) is 48.4 cm³/mol. The van der Waals surface area contributed by atoms with E-state index in [1.807, 2.05) is 24.3 Å². The van der Waals surface area contributed by atoms with Crippen molar-refractivity contribution in [3.63, 3.8) is 0 Å². The highest BCUT2D eigenvalue weighted by molar-refractivity contribution is 5.27. The Labute approximate surface area is 77.4 Å². The normalized spacial score (nSPS) is 9.23. The molecule has 3 nitrogen and oxygen atoms in total. The Morgan fingerprint density at radius 1 is 1.31 bits per heavy atom. The summed E-state index contributed by atoms with van der Waals surface area (Å²) < 4.78 is 5.20. The van der Waals surface area contributed by atoms with Gasteiger partial charge < -0.3 is 4.74 Å². The molecule has 1 aromatic carbocycles. The zero-order chi connectivity index (χ0) is 9.52. The van der Waals surface area contributed by atoms with Crippen molar-refractivity contribution in [1.29, 1.82) is 0 Å². The Hall–Kier alpha value is -1.50. The van der Waals surface area contributed by atoms with Crippen molar-refractivity contribution in [2.24, 2.45) is 0 Å². The molecule has 13 heavy (non-hydrogen) atoms. The molecule has 0 aliphatic carbocycles. The fraction of sp³-hybridized carbons (Fsp3) is 0.200. The van der Waals surface area contributed by atoms with Crippen LogP contribution in [0.1, 0.15) is 5.56 Å². The highest BCUT2D eigenvalue weighted by Gasteiger charge is 1.94. The van der Waals surface area contributed by atoms with E-state index in [1.165, 1.54) is 0 Å². The van der Waals surface area contributed by atoms with Crippen molar-refractivity contribution in [2.45, 2.75) is 6.61 Å². The van der Waals surface area contributed by atoms with Crippen LogP contribution in [-0.2, 0) is 11.4 Å². The molecular formula is C10H12NO2+. The number of hydrogen-bond acceptors (Lipinski definition) is 2. The van der Waals surface area contributed by atoms with Gasteiger partial charge in [-0.2, -0.15) is 0 Å². The number of ether oxygens (including phenoxy) is 1. The van der Waals surface area contributed by atoms with Crippen LogP contribution in [0.3, 0.4) is 0 Å². The van der Waals surface area contributed by atoms with Gasteiger partial charge in [-0.05, 0) is 17.7 Å². The van der Waals surface area contributed by atoms with Gasteiger partial charge in [-0.25, -0.2) is 10.7 Å². The lowest BCUT2D eigenvalue weighted by Gasteiger charge is -2.02. The van der Waals surface area contributed by atoms with Crippen LogP contribution in [0.25, 0.3) is 0 Å². The van der Waals surface area contributed by atoms with Gasteiger partial charge >= 0.3 is 0 Å². The highest BCUT2D eigenvalue weighted by Crippen LogP contribution is 2.11. The van der Waals surface area contributed by atoms with Crippen LogP contribution < -0.4 is 10.6 Å². The molecule has 1 rings (SSSR count). The fourth-order valence-electron chi connectivity index (χ4n) is 0.925. The number of benzene rings is 1. The quantitative estimate of drug-likeness (QED) is 0.535. The molecule has 0 amide bonds. The Balaban J connectivity index is 2.54. The predicted octanol–water partition coefficient (Wildman–Crippen LogP) is 0.372. The van der Waals surface area contributed by atoms with E-state index in [2.05, 4.69) is 11.8 Å². The maximum absolute atomic E-state index is 5.20. The fourth-order valence-corrected chi connectivity index (χ4v) is 0.925. The van der Waals surface area contributed by atoms with Crippen LogP contribution in [0, 0.1) is 12.3 Å². The summed E-state index contributed by atoms with van der Waals surface area (Å²) in [5.41, 5.74) is 1.06. The highest BCUT2D eigenvalue weighted by atomic mass is 16.6. The second kappa shape index (κ2) is 5.20. The molecule has 0 aliphatic rings. The first kappa shape index (κ1) is 9.59. The van der Waals surface area contributed by atoms with E-state index in [0.717, 1.165) is 11.3 Å². The molecule has 3 heteroatoms. The first-order valence-electron chi connectivity index (χ1n) is 3.89. The number of hydrogen-bond donors (Lipinski definition) is 1. The SMILES string of the molecule is C#CCOc1ccc(CO[NH3+])cc1. The molecule has 0 fully saturated rings. The van der Waals surface area contributed by atoms with Gasteiger partial charge in [-0.3, -0.25) is 0 Å². The Morgan fingerprint density at radius 3 is 2.54 bits per heavy atom. The van der Waals surface area contributed by atoms with E-state index in [9.17, 15) is 0 Å². The van der Waals surface area contributed by atoms with Crippen LogP contribution in [0.15, 0.2) is 24.3 Å². The van der Waals surface area contributed by atoms with E-state index >= 15 is 0 Å². The lowest BCUT2D eigenvalue weighted by molar-refractivity contribution is -0.695. The molecule has 0 bridgehead atoms. The summed E-state index contributed by atoms with van der Waals surface area (Å²) >= 11 is 0. The van der Waals surface area contributed by atoms with Gasteiger partial charge in [-0.15, -0.1) is 6.42 Å². The van der Waals surface area contributed by atoms with Crippen molar-refractivity contribution >= 4 is 0 Å². The molecule has 68 valence electrons. The van der Waals surface area contributed by atoms with E-state index in [4.69, 9.17) is 16.0 Å². The summed E-state index contributed by atoms with van der Waals surface area (Å²) in [7, 11) is 0. The van der Waals surface area contributed by atoms with Crippen molar-refractivity contribution in [1.82, 2.24) is 0 Å². The maximum Gasteiger partial charge on any atom is 0.148 e. The zero-order valence-corrected chi connectivity index (χ0v) is 7.32.